The Kier molecular flexibility index (Phi) is 4.41. The van der Waals surface area contributed by atoms with E-state index >= 15 is 0 Å². The van der Waals surface area contributed by atoms with Gasteiger partial charge in [0.15, 0.2) is 0 Å². The molecule has 0 spiro atoms. The first kappa shape index (κ1) is 14.1. The number of nitrogens with two attached hydrogens (primary N) is 1. The molecular formula is C13H18N6O. The summed E-state index contributed by atoms with van der Waals surface area (Å²) in [4.78, 5) is 11.9. The highest BCUT2D eigenvalue weighted by Crippen LogP contribution is 2.13. The zero-order chi connectivity index (χ0) is 14.5. The number of anilines is 1. The number of rotatable bonds is 5. The van der Waals surface area contributed by atoms with E-state index in [9.17, 15) is 4.79 Å². The lowest BCUT2D eigenvalue weighted by atomic mass is 10.0. The second-order valence-corrected chi connectivity index (χ2v) is 5.03. The van der Waals surface area contributed by atoms with Gasteiger partial charge in [-0.15, -0.1) is 5.10 Å². The van der Waals surface area contributed by atoms with E-state index in [2.05, 4.69) is 20.8 Å². The summed E-state index contributed by atoms with van der Waals surface area (Å²) in [5.41, 5.74) is 7.35. The molecular weight excluding hydrogens is 256 g/mol. The molecule has 20 heavy (non-hydrogen) atoms. The van der Waals surface area contributed by atoms with E-state index in [4.69, 9.17) is 5.73 Å². The molecule has 0 aliphatic carbocycles. The Morgan fingerprint density at radius 2 is 2.05 bits per heavy atom. The van der Waals surface area contributed by atoms with Crippen LogP contribution in [0.1, 0.15) is 20.3 Å². The minimum Gasteiger partial charge on any atom is -0.325 e. The van der Waals surface area contributed by atoms with Gasteiger partial charge in [0.05, 0.1) is 11.7 Å². The monoisotopic (exact) mass is 274 g/mol. The largest absolute Gasteiger partial charge is 0.325 e. The third-order valence-electron chi connectivity index (χ3n) is 2.81. The van der Waals surface area contributed by atoms with Crippen molar-refractivity contribution < 1.29 is 4.79 Å². The highest BCUT2D eigenvalue weighted by molar-refractivity contribution is 5.94. The second kappa shape index (κ2) is 6.25. The molecule has 0 unspecified atom stereocenters. The molecule has 0 aliphatic heterocycles. The summed E-state index contributed by atoms with van der Waals surface area (Å²) >= 11 is 0. The van der Waals surface area contributed by atoms with Crippen LogP contribution >= 0.6 is 0 Å². The normalized spacial score (nSPS) is 12.4. The Balaban J connectivity index is 1.99. The van der Waals surface area contributed by atoms with Crippen LogP contribution < -0.4 is 11.1 Å². The fourth-order valence-electron chi connectivity index (χ4n) is 1.83. The van der Waals surface area contributed by atoms with Crippen molar-refractivity contribution >= 4 is 11.6 Å². The van der Waals surface area contributed by atoms with Crippen LogP contribution in [0.25, 0.3) is 5.69 Å². The molecule has 0 fully saturated rings. The molecule has 2 aromatic rings. The summed E-state index contributed by atoms with van der Waals surface area (Å²) in [5, 5.41) is 13.7. The highest BCUT2D eigenvalue weighted by Gasteiger charge is 2.14. The van der Waals surface area contributed by atoms with Crippen molar-refractivity contribution in [3.05, 3.63) is 30.6 Å². The molecule has 0 radical (unpaired) electrons. The number of hydrogen-bond donors (Lipinski definition) is 2. The van der Waals surface area contributed by atoms with Gasteiger partial charge in [-0.1, -0.05) is 13.8 Å². The zero-order valence-corrected chi connectivity index (χ0v) is 11.5. The molecule has 7 heteroatoms. The molecule has 0 aliphatic rings. The van der Waals surface area contributed by atoms with Crippen molar-refractivity contribution in [3.8, 4) is 5.69 Å². The molecule has 1 heterocycles. The van der Waals surface area contributed by atoms with Crippen molar-refractivity contribution in [1.82, 2.24) is 20.2 Å². The molecule has 1 amide bonds. The lowest BCUT2D eigenvalue weighted by Crippen LogP contribution is -2.36. The van der Waals surface area contributed by atoms with Crippen LogP contribution in [0.5, 0.6) is 0 Å². The van der Waals surface area contributed by atoms with Crippen LogP contribution in [0.15, 0.2) is 30.6 Å². The average Bonchev–Trinajstić information content (AvgIpc) is 2.92. The van der Waals surface area contributed by atoms with E-state index in [1.54, 1.807) is 12.1 Å². The number of tetrazole rings is 1. The summed E-state index contributed by atoms with van der Waals surface area (Å²) in [7, 11) is 0. The number of nitrogens with one attached hydrogen (secondary N) is 1. The predicted octanol–water partition coefficient (Wildman–Crippen LogP) is 0.974. The number of aromatic nitrogens is 4. The molecule has 3 N–H and O–H groups in total. The van der Waals surface area contributed by atoms with Crippen molar-refractivity contribution in [2.45, 2.75) is 26.3 Å². The second-order valence-electron chi connectivity index (χ2n) is 5.03. The first-order chi connectivity index (χ1) is 9.56. The minimum absolute atomic E-state index is 0.172. The summed E-state index contributed by atoms with van der Waals surface area (Å²) < 4.78 is 1.54. The Labute approximate surface area is 117 Å². The summed E-state index contributed by atoms with van der Waals surface area (Å²) in [5.74, 6) is 0.215. The van der Waals surface area contributed by atoms with Gasteiger partial charge >= 0.3 is 0 Å². The Morgan fingerprint density at radius 1 is 1.35 bits per heavy atom. The maximum Gasteiger partial charge on any atom is 0.241 e. The fraction of sp³-hybridized carbons (Fsp3) is 0.385. The van der Waals surface area contributed by atoms with E-state index in [1.807, 2.05) is 26.0 Å². The molecule has 106 valence electrons. The smallest absolute Gasteiger partial charge is 0.241 e. The van der Waals surface area contributed by atoms with E-state index < -0.39 is 6.04 Å². The van der Waals surface area contributed by atoms with E-state index in [1.165, 1.54) is 11.0 Å². The number of benzene rings is 1. The van der Waals surface area contributed by atoms with Gasteiger partial charge in [0, 0.05) is 5.69 Å². The first-order valence-electron chi connectivity index (χ1n) is 6.46. The topological polar surface area (TPSA) is 98.7 Å². The zero-order valence-electron chi connectivity index (χ0n) is 11.5. The van der Waals surface area contributed by atoms with Crippen LogP contribution in [0.2, 0.25) is 0 Å². The van der Waals surface area contributed by atoms with Crippen LogP contribution in [0, 0.1) is 5.92 Å². The third kappa shape index (κ3) is 3.61. The van der Waals surface area contributed by atoms with E-state index in [-0.39, 0.29) is 5.91 Å². The highest BCUT2D eigenvalue weighted by atomic mass is 16.2. The number of carbonyl (C=O) groups is 1. The fourth-order valence-corrected chi connectivity index (χ4v) is 1.83. The van der Waals surface area contributed by atoms with Gasteiger partial charge in [-0.25, -0.2) is 4.68 Å². The van der Waals surface area contributed by atoms with Gasteiger partial charge in [-0.3, -0.25) is 4.79 Å². The van der Waals surface area contributed by atoms with Crippen molar-refractivity contribution in [2.75, 3.05) is 5.32 Å². The van der Waals surface area contributed by atoms with E-state index in [0.29, 0.717) is 18.0 Å². The quantitative estimate of drug-likeness (QED) is 0.846. The van der Waals surface area contributed by atoms with Crippen molar-refractivity contribution in [2.24, 2.45) is 11.7 Å². The van der Waals surface area contributed by atoms with Crippen LogP contribution in [0.3, 0.4) is 0 Å². The average molecular weight is 274 g/mol. The van der Waals surface area contributed by atoms with Gasteiger partial charge in [-0.2, -0.15) is 0 Å². The Hall–Kier alpha value is -2.28. The van der Waals surface area contributed by atoms with Gasteiger partial charge in [0.2, 0.25) is 5.91 Å². The minimum atomic E-state index is -0.491. The summed E-state index contributed by atoms with van der Waals surface area (Å²) in [6.45, 7) is 4.07. The number of nitrogens with zero attached hydrogens (tertiary/aromatic N) is 4. The standard InChI is InChI=1S/C13H18N6O/c1-9(2)7-12(14)13(20)16-10-3-5-11(6-4-10)19-8-15-17-18-19/h3-6,8-9,12H,7,14H2,1-2H3,(H,16,20)/t12-/m0/s1. The van der Waals surface area contributed by atoms with Gasteiger partial charge in [0.25, 0.3) is 0 Å². The van der Waals surface area contributed by atoms with Crippen molar-refractivity contribution in [3.63, 3.8) is 0 Å². The molecule has 0 bridgehead atoms. The Morgan fingerprint density at radius 3 is 2.60 bits per heavy atom. The van der Waals surface area contributed by atoms with Gasteiger partial charge in [-0.05, 0) is 47.0 Å². The SMILES string of the molecule is CC(C)C[C@H](N)C(=O)Nc1ccc(-n2cnnn2)cc1. The molecule has 2 rings (SSSR count). The summed E-state index contributed by atoms with van der Waals surface area (Å²) in [6, 6.07) is 6.72. The molecule has 1 atom stereocenters. The van der Waals surface area contributed by atoms with E-state index in [0.717, 1.165) is 5.69 Å². The van der Waals surface area contributed by atoms with Crippen LogP contribution in [-0.2, 0) is 4.79 Å². The number of carbonyl (C=O) groups excluding carboxylic acids is 1. The molecule has 7 nitrogen and oxygen atoms in total. The lowest BCUT2D eigenvalue weighted by molar-refractivity contribution is -0.117. The summed E-state index contributed by atoms with van der Waals surface area (Å²) in [6.07, 6.45) is 2.17. The van der Waals surface area contributed by atoms with Gasteiger partial charge < -0.3 is 11.1 Å². The van der Waals surface area contributed by atoms with Crippen molar-refractivity contribution in [1.29, 1.82) is 0 Å². The molecule has 1 aromatic carbocycles. The predicted molar refractivity (Wildman–Crippen MR) is 75.2 cm³/mol. The van der Waals surface area contributed by atoms with Gasteiger partial charge in [0.1, 0.15) is 6.33 Å². The lowest BCUT2D eigenvalue weighted by Gasteiger charge is -2.14. The molecule has 0 saturated heterocycles. The third-order valence-corrected chi connectivity index (χ3v) is 2.81. The maximum absolute atomic E-state index is 11.9. The molecule has 0 saturated carbocycles. The molecule has 1 aromatic heterocycles. The van der Waals surface area contributed by atoms with Crippen LogP contribution in [0.4, 0.5) is 5.69 Å². The number of hydrogen-bond acceptors (Lipinski definition) is 5. The maximum atomic E-state index is 11.9. The number of amides is 1. The van der Waals surface area contributed by atoms with Crippen LogP contribution in [-0.4, -0.2) is 32.2 Å². The first-order valence-corrected chi connectivity index (χ1v) is 6.46. The Bertz CT molecular complexity index is 549.